The van der Waals surface area contributed by atoms with Crippen LogP contribution in [0.2, 0.25) is 0 Å². The molecule has 1 N–H and O–H groups in total. The van der Waals surface area contributed by atoms with Crippen LogP contribution < -0.4 is 24.4 Å². The molecule has 0 aliphatic rings. The van der Waals surface area contributed by atoms with E-state index < -0.39 is 11.9 Å². The number of aromatic nitrogens is 1. The van der Waals surface area contributed by atoms with E-state index in [9.17, 15) is 9.59 Å². The van der Waals surface area contributed by atoms with Crippen LogP contribution in [0, 0.1) is 0 Å². The van der Waals surface area contributed by atoms with Gasteiger partial charge < -0.3 is 23.8 Å². The molecule has 36 heavy (non-hydrogen) atoms. The topological polar surface area (TPSA) is 99.2 Å². The summed E-state index contributed by atoms with van der Waals surface area (Å²) < 4.78 is 21.1. The fourth-order valence-electron chi connectivity index (χ4n) is 3.39. The number of nitrogens with one attached hydrogen (secondary N) is 1. The van der Waals surface area contributed by atoms with Crippen molar-refractivity contribution in [3.05, 3.63) is 77.6 Å². The number of esters is 1. The summed E-state index contributed by atoms with van der Waals surface area (Å²) >= 11 is 5.63. The molecule has 0 bridgehead atoms. The molecule has 1 amide bonds. The van der Waals surface area contributed by atoms with Crippen LogP contribution in [-0.4, -0.2) is 49.9 Å². The number of thiocarbonyl (C=S) groups is 1. The summed E-state index contributed by atoms with van der Waals surface area (Å²) in [6, 6.07) is 13.6. The lowest BCUT2D eigenvalue weighted by molar-refractivity contribution is 0.0526. The van der Waals surface area contributed by atoms with Crippen LogP contribution in [-0.2, 0) is 11.3 Å². The molecule has 1 aromatic heterocycles. The third kappa shape index (κ3) is 6.28. The Hall–Kier alpha value is -4.18. The molecular weight excluding hydrogens is 482 g/mol. The molecule has 0 saturated heterocycles. The normalized spacial score (nSPS) is 10.2. The monoisotopic (exact) mass is 509 g/mol. The Morgan fingerprint density at radius 3 is 2.06 bits per heavy atom. The van der Waals surface area contributed by atoms with Crippen LogP contribution in [0.1, 0.15) is 33.2 Å². The first-order chi connectivity index (χ1) is 17.4. The summed E-state index contributed by atoms with van der Waals surface area (Å²) in [4.78, 5) is 31.0. The molecule has 0 spiro atoms. The maximum atomic E-state index is 13.1. The van der Waals surface area contributed by atoms with Crippen molar-refractivity contribution in [1.29, 1.82) is 0 Å². The van der Waals surface area contributed by atoms with Crippen molar-refractivity contribution >= 4 is 34.9 Å². The highest BCUT2D eigenvalue weighted by Gasteiger charge is 2.21. The van der Waals surface area contributed by atoms with E-state index in [-0.39, 0.29) is 17.3 Å². The first kappa shape index (κ1) is 26.4. The molecular formula is C26H27N3O6S. The molecule has 0 radical (unpaired) electrons. The molecule has 0 saturated carbocycles. The summed E-state index contributed by atoms with van der Waals surface area (Å²) in [5.41, 5.74) is 2.28. The fraction of sp³-hybridized carbons (Fsp3) is 0.231. The summed E-state index contributed by atoms with van der Waals surface area (Å²) in [7, 11) is 4.43. The number of carbonyl (C=O) groups is 2. The molecule has 188 valence electrons. The third-order valence-corrected chi connectivity index (χ3v) is 5.50. The van der Waals surface area contributed by atoms with Crippen molar-refractivity contribution in [2.45, 2.75) is 13.5 Å². The van der Waals surface area contributed by atoms with Gasteiger partial charge in [0.25, 0.3) is 5.91 Å². The van der Waals surface area contributed by atoms with Gasteiger partial charge in [0.1, 0.15) is 0 Å². The molecule has 10 heteroatoms. The van der Waals surface area contributed by atoms with Gasteiger partial charge in [-0.3, -0.25) is 15.1 Å². The van der Waals surface area contributed by atoms with Crippen LogP contribution in [0.5, 0.6) is 17.2 Å². The largest absolute Gasteiger partial charge is 0.493 e. The van der Waals surface area contributed by atoms with Crippen molar-refractivity contribution in [2.75, 3.05) is 32.8 Å². The number of methoxy groups -OCH3 is 3. The van der Waals surface area contributed by atoms with Crippen LogP contribution in [0.25, 0.3) is 0 Å². The Morgan fingerprint density at radius 2 is 1.53 bits per heavy atom. The number of anilines is 1. The number of rotatable bonds is 9. The lowest BCUT2D eigenvalue weighted by atomic mass is 10.1. The zero-order valence-corrected chi connectivity index (χ0v) is 21.3. The molecule has 0 atom stereocenters. The van der Waals surface area contributed by atoms with E-state index >= 15 is 0 Å². The van der Waals surface area contributed by atoms with Gasteiger partial charge in [-0.15, -0.1) is 0 Å². The van der Waals surface area contributed by atoms with E-state index in [1.165, 1.54) is 21.3 Å². The van der Waals surface area contributed by atoms with Crippen LogP contribution in [0.3, 0.4) is 0 Å². The number of ether oxygens (including phenoxy) is 4. The summed E-state index contributed by atoms with van der Waals surface area (Å²) in [6.45, 7) is 2.39. The Morgan fingerprint density at radius 1 is 0.917 bits per heavy atom. The highest BCUT2D eigenvalue weighted by atomic mass is 32.1. The smallest absolute Gasteiger partial charge is 0.338 e. The predicted octanol–water partition coefficient (Wildman–Crippen LogP) is 4.01. The number of hydrogen-bond donors (Lipinski definition) is 1. The van der Waals surface area contributed by atoms with Gasteiger partial charge >= 0.3 is 5.97 Å². The highest BCUT2D eigenvalue weighted by Crippen LogP contribution is 2.38. The summed E-state index contributed by atoms with van der Waals surface area (Å²) in [6.07, 6.45) is 3.35. The molecule has 0 aliphatic carbocycles. The average molecular weight is 510 g/mol. The number of amides is 1. The molecule has 9 nitrogen and oxygen atoms in total. The number of carbonyl (C=O) groups excluding carboxylic acids is 2. The Bertz CT molecular complexity index is 1190. The highest BCUT2D eigenvalue weighted by molar-refractivity contribution is 7.80. The van der Waals surface area contributed by atoms with Gasteiger partial charge in [0.15, 0.2) is 16.6 Å². The molecule has 3 aromatic rings. The molecule has 2 aromatic carbocycles. The second kappa shape index (κ2) is 12.5. The third-order valence-electron chi connectivity index (χ3n) is 5.17. The van der Waals surface area contributed by atoms with E-state index in [0.717, 1.165) is 5.56 Å². The molecule has 3 rings (SSSR count). The Kier molecular flexibility index (Phi) is 9.18. The van der Waals surface area contributed by atoms with Crippen molar-refractivity contribution in [1.82, 2.24) is 10.3 Å². The second-order valence-electron chi connectivity index (χ2n) is 7.38. The SMILES string of the molecule is CCOC(=O)c1ccc(N(Cc2ccncc2)C(=S)NC(=O)c2cc(OC)c(OC)c(OC)c2)cc1. The molecule has 0 fully saturated rings. The zero-order chi connectivity index (χ0) is 26.1. The lowest BCUT2D eigenvalue weighted by Gasteiger charge is -2.26. The fourth-order valence-corrected chi connectivity index (χ4v) is 3.65. The molecule has 0 aliphatic heterocycles. The minimum absolute atomic E-state index is 0.162. The van der Waals surface area contributed by atoms with Gasteiger partial charge in [-0.25, -0.2) is 4.79 Å². The first-order valence-electron chi connectivity index (χ1n) is 11.0. The summed E-state index contributed by atoms with van der Waals surface area (Å²) in [5, 5.41) is 2.93. The second-order valence-corrected chi connectivity index (χ2v) is 7.77. The standard InChI is InChI=1S/C26H27N3O6S/c1-5-35-25(31)18-6-8-20(9-7-18)29(16-17-10-12-27-13-11-17)26(36)28-24(30)19-14-21(32-2)23(34-4)22(15-19)33-3/h6-15H,5,16H2,1-4H3,(H,28,30,36). The minimum Gasteiger partial charge on any atom is -0.493 e. The van der Waals surface area contributed by atoms with Crippen LogP contribution >= 0.6 is 12.2 Å². The maximum Gasteiger partial charge on any atom is 0.338 e. The Labute approximate surface area is 214 Å². The number of benzene rings is 2. The van der Waals surface area contributed by atoms with Crippen molar-refractivity contribution < 1.29 is 28.5 Å². The number of nitrogens with zero attached hydrogens (tertiary/aromatic N) is 2. The predicted molar refractivity (Wildman–Crippen MR) is 139 cm³/mol. The number of hydrogen-bond acceptors (Lipinski definition) is 8. The van der Waals surface area contributed by atoms with Gasteiger partial charge in [0.2, 0.25) is 5.75 Å². The van der Waals surface area contributed by atoms with Crippen molar-refractivity contribution in [2.24, 2.45) is 0 Å². The number of pyridine rings is 1. The van der Waals surface area contributed by atoms with Crippen LogP contribution in [0.15, 0.2) is 60.9 Å². The van der Waals surface area contributed by atoms with E-state index in [1.54, 1.807) is 60.6 Å². The zero-order valence-electron chi connectivity index (χ0n) is 20.4. The quantitative estimate of drug-likeness (QED) is 0.339. The van der Waals surface area contributed by atoms with E-state index in [2.05, 4.69) is 10.3 Å². The molecule has 0 unspecified atom stereocenters. The first-order valence-corrected chi connectivity index (χ1v) is 11.4. The van der Waals surface area contributed by atoms with Gasteiger partial charge in [-0.2, -0.15) is 0 Å². The maximum absolute atomic E-state index is 13.1. The summed E-state index contributed by atoms with van der Waals surface area (Å²) in [5.74, 6) is 0.192. The minimum atomic E-state index is -0.456. The lowest BCUT2D eigenvalue weighted by Crippen LogP contribution is -2.42. The van der Waals surface area contributed by atoms with Crippen LogP contribution in [0.4, 0.5) is 5.69 Å². The average Bonchev–Trinajstić information content (AvgIpc) is 2.91. The van der Waals surface area contributed by atoms with Gasteiger partial charge in [0, 0.05) is 23.6 Å². The van der Waals surface area contributed by atoms with Crippen molar-refractivity contribution in [3.8, 4) is 17.2 Å². The van der Waals surface area contributed by atoms with E-state index in [0.29, 0.717) is 35.0 Å². The van der Waals surface area contributed by atoms with Gasteiger partial charge in [0.05, 0.1) is 40.0 Å². The van der Waals surface area contributed by atoms with Gasteiger partial charge in [-0.1, -0.05) is 0 Å². The van der Waals surface area contributed by atoms with Gasteiger partial charge in [-0.05, 0) is 73.2 Å². The van der Waals surface area contributed by atoms with E-state index in [4.69, 9.17) is 31.2 Å². The Balaban J connectivity index is 1.89. The van der Waals surface area contributed by atoms with E-state index in [1.807, 2.05) is 12.1 Å². The molecule has 1 heterocycles. The van der Waals surface area contributed by atoms with Crippen molar-refractivity contribution in [3.63, 3.8) is 0 Å².